The maximum absolute atomic E-state index is 12.1. The summed E-state index contributed by atoms with van der Waals surface area (Å²) in [5.41, 5.74) is 3.49. The highest BCUT2D eigenvalue weighted by molar-refractivity contribution is 5.98. The van der Waals surface area contributed by atoms with E-state index in [4.69, 9.17) is 4.74 Å². The van der Waals surface area contributed by atoms with E-state index in [2.05, 4.69) is 5.43 Å². The van der Waals surface area contributed by atoms with Crippen molar-refractivity contribution >= 4 is 11.7 Å². The van der Waals surface area contributed by atoms with Gasteiger partial charge in [0, 0.05) is 31.5 Å². The summed E-state index contributed by atoms with van der Waals surface area (Å²) in [4.78, 5) is 23.9. The lowest BCUT2D eigenvalue weighted by Crippen LogP contribution is -2.45. The Morgan fingerprint density at radius 2 is 1.77 bits per heavy atom. The van der Waals surface area contributed by atoms with E-state index in [1.165, 1.54) is 6.42 Å². The Hall–Kier alpha value is -1.88. The Balaban J connectivity index is 1.75. The predicted molar refractivity (Wildman–Crippen MR) is 84.7 cm³/mol. The number of nitrogens with one attached hydrogen (secondary N) is 1. The molecule has 0 aromatic heterocycles. The summed E-state index contributed by atoms with van der Waals surface area (Å²) in [6, 6.07) is 7.06. The Bertz CT molecular complexity index is 493. The lowest BCUT2D eigenvalue weighted by molar-refractivity contribution is -0.126. The van der Waals surface area contributed by atoms with Crippen molar-refractivity contribution in [2.24, 2.45) is 0 Å². The van der Waals surface area contributed by atoms with Crippen LogP contribution in [0.2, 0.25) is 0 Å². The van der Waals surface area contributed by atoms with Gasteiger partial charge in [0.25, 0.3) is 0 Å². The molecule has 5 nitrogen and oxygen atoms in total. The smallest absolute Gasteiger partial charge is 0.234 e. The van der Waals surface area contributed by atoms with Gasteiger partial charge >= 0.3 is 0 Å². The molecule has 0 atom stereocenters. The highest BCUT2D eigenvalue weighted by Gasteiger charge is 2.14. The number of nitrogens with zero attached hydrogens (tertiary/aromatic N) is 1. The van der Waals surface area contributed by atoms with E-state index in [1.54, 1.807) is 24.3 Å². The van der Waals surface area contributed by atoms with E-state index in [-0.39, 0.29) is 24.5 Å². The van der Waals surface area contributed by atoms with Crippen molar-refractivity contribution in [1.82, 2.24) is 10.4 Å². The number of Topliss-reactive ketones (excluding diaryl/α,β-unsaturated/α-hetero) is 1. The fourth-order valence-electron chi connectivity index (χ4n) is 2.51. The molecule has 22 heavy (non-hydrogen) atoms. The number of carbonyl (C=O) groups excluding carboxylic acids is 2. The van der Waals surface area contributed by atoms with Gasteiger partial charge in [0.1, 0.15) is 5.75 Å². The number of ether oxygens (including phenoxy) is 1. The van der Waals surface area contributed by atoms with Crippen molar-refractivity contribution in [3.63, 3.8) is 0 Å². The normalized spacial score (nSPS) is 15.3. The summed E-state index contributed by atoms with van der Waals surface area (Å²) in [5.74, 6) is 0.653. The molecule has 1 aliphatic heterocycles. The highest BCUT2D eigenvalue weighted by atomic mass is 16.5. The largest absolute Gasteiger partial charge is 0.494 e. The predicted octanol–water partition coefficient (Wildman–Crippen LogP) is 2.57. The molecular weight excluding hydrogens is 280 g/mol. The van der Waals surface area contributed by atoms with Crippen molar-refractivity contribution in [1.29, 1.82) is 0 Å². The molecule has 0 unspecified atom stereocenters. The summed E-state index contributed by atoms with van der Waals surface area (Å²) in [5, 5.41) is 1.95. The van der Waals surface area contributed by atoms with Gasteiger partial charge in [-0.3, -0.25) is 15.0 Å². The third-order valence-corrected chi connectivity index (χ3v) is 3.71. The number of piperidine rings is 1. The molecule has 1 aromatic carbocycles. The minimum atomic E-state index is -0.0822. The molecule has 120 valence electrons. The number of hydrogen-bond acceptors (Lipinski definition) is 4. The zero-order valence-corrected chi connectivity index (χ0v) is 13.1. The van der Waals surface area contributed by atoms with E-state index >= 15 is 0 Å². The summed E-state index contributed by atoms with van der Waals surface area (Å²) >= 11 is 0. The minimum absolute atomic E-state index is 0.0168. The van der Waals surface area contributed by atoms with E-state index in [0.717, 1.165) is 31.7 Å². The van der Waals surface area contributed by atoms with Gasteiger partial charge in [-0.1, -0.05) is 6.42 Å². The topological polar surface area (TPSA) is 58.6 Å². The van der Waals surface area contributed by atoms with Crippen molar-refractivity contribution in [3.05, 3.63) is 29.8 Å². The Morgan fingerprint density at radius 3 is 2.41 bits per heavy atom. The van der Waals surface area contributed by atoms with Crippen LogP contribution in [-0.4, -0.2) is 36.4 Å². The van der Waals surface area contributed by atoms with Crippen molar-refractivity contribution in [2.75, 3.05) is 19.7 Å². The molecule has 2 rings (SSSR count). The lowest BCUT2D eigenvalue weighted by atomic mass is 10.1. The third kappa shape index (κ3) is 5.15. The minimum Gasteiger partial charge on any atom is -0.494 e. The standard InChI is InChI=1S/C17H24N2O3/c1-2-22-15-8-6-14(7-9-15)16(20)10-11-17(21)18-19-12-4-3-5-13-19/h6-9H,2-5,10-13H2,1H3,(H,18,21). The van der Waals surface area contributed by atoms with Crippen LogP contribution < -0.4 is 10.2 Å². The summed E-state index contributed by atoms with van der Waals surface area (Å²) in [7, 11) is 0. The average Bonchev–Trinajstić information content (AvgIpc) is 2.54. The van der Waals surface area contributed by atoms with Crippen LogP contribution in [0.25, 0.3) is 0 Å². The molecule has 0 radical (unpaired) electrons. The Labute approximate surface area is 131 Å². The number of ketones is 1. The van der Waals surface area contributed by atoms with Crippen LogP contribution in [-0.2, 0) is 4.79 Å². The molecule has 0 bridgehead atoms. The Morgan fingerprint density at radius 1 is 1.09 bits per heavy atom. The average molecular weight is 304 g/mol. The van der Waals surface area contributed by atoms with Crippen LogP contribution in [0, 0.1) is 0 Å². The SMILES string of the molecule is CCOc1ccc(C(=O)CCC(=O)NN2CCCCC2)cc1. The van der Waals surface area contributed by atoms with Gasteiger partial charge in [-0.25, -0.2) is 5.01 Å². The molecule has 1 N–H and O–H groups in total. The highest BCUT2D eigenvalue weighted by Crippen LogP contribution is 2.14. The fourth-order valence-corrected chi connectivity index (χ4v) is 2.51. The summed E-state index contributed by atoms with van der Waals surface area (Å²) in [6.07, 6.45) is 3.91. The van der Waals surface area contributed by atoms with Crippen LogP contribution >= 0.6 is 0 Å². The number of amides is 1. The molecule has 1 aromatic rings. The molecule has 1 fully saturated rings. The molecule has 1 aliphatic rings. The first-order valence-corrected chi connectivity index (χ1v) is 7.99. The molecule has 0 aliphatic carbocycles. The molecule has 1 heterocycles. The van der Waals surface area contributed by atoms with Gasteiger partial charge in [-0.15, -0.1) is 0 Å². The summed E-state index contributed by atoms with van der Waals surface area (Å²) in [6.45, 7) is 4.32. The second-order valence-corrected chi connectivity index (χ2v) is 5.46. The van der Waals surface area contributed by atoms with Crippen molar-refractivity contribution in [3.8, 4) is 5.75 Å². The van der Waals surface area contributed by atoms with Gasteiger partial charge in [0.05, 0.1) is 6.61 Å². The van der Waals surface area contributed by atoms with Crippen molar-refractivity contribution < 1.29 is 14.3 Å². The zero-order valence-electron chi connectivity index (χ0n) is 13.1. The Kier molecular flexibility index (Phi) is 6.40. The number of hydrazine groups is 1. The van der Waals surface area contributed by atoms with E-state index in [0.29, 0.717) is 12.2 Å². The van der Waals surface area contributed by atoms with E-state index in [9.17, 15) is 9.59 Å². The third-order valence-electron chi connectivity index (χ3n) is 3.71. The maximum Gasteiger partial charge on any atom is 0.234 e. The van der Waals surface area contributed by atoms with Crippen molar-refractivity contribution in [2.45, 2.75) is 39.0 Å². The van der Waals surface area contributed by atoms with Gasteiger partial charge in [0.2, 0.25) is 5.91 Å². The first kappa shape index (κ1) is 16.5. The van der Waals surface area contributed by atoms with Crippen LogP contribution in [0.1, 0.15) is 49.4 Å². The monoisotopic (exact) mass is 304 g/mol. The number of rotatable bonds is 7. The van der Waals surface area contributed by atoms with Gasteiger partial charge in [-0.2, -0.15) is 0 Å². The van der Waals surface area contributed by atoms with Gasteiger partial charge in [0.15, 0.2) is 5.78 Å². The van der Waals surface area contributed by atoms with Crippen LogP contribution in [0.5, 0.6) is 5.75 Å². The van der Waals surface area contributed by atoms with E-state index < -0.39 is 0 Å². The van der Waals surface area contributed by atoms with Crippen LogP contribution in [0.3, 0.4) is 0 Å². The first-order valence-electron chi connectivity index (χ1n) is 7.99. The second kappa shape index (κ2) is 8.54. The van der Waals surface area contributed by atoms with Crippen LogP contribution in [0.4, 0.5) is 0 Å². The summed E-state index contributed by atoms with van der Waals surface area (Å²) < 4.78 is 5.34. The molecule has 5 heteroatoms. The molecule has 1 amide bonds. The maximum atomic E-state index is 12.1. The fraction of sp³-hybridized carbons (Fsp3) is 0.529. The van der Waals surface area contributed by atoms with Gasteiger partial charge in [-0.05, 0) is 44.0 Å². The van der Waals surface area contributed by atoms with E-state index in [1.807, 2.05) is 11.9 Å². The second-order valence-electron chi connectivity index (χ2n) is 5.46. The first-order chi connectivity index (χ1) is 10.7. The number of carbonyl (C=O) groups is 2. The molecule has 0 saturated carbocycles. The number of benzene rings is 1. The lowest BCUT2D eigenvalue weighted by Gasteiger charge is -2.26. The molecule has 0 spiro atoms. The quantitative estimate of drug-likeness (QED) is 0.787. The van der Waals surface area contributed by atoms with Gasteiger partial charge < -0.3 is 4.74 Å². The molecular formula is C17H24N2O3. The molecule has 1 saturated heterocycles. The zero-order chi connectivity index (χ0) is 15.8. The van der Waals surface area contributed by atoms with Crippen LogP contribution in [0.15, 0.2) is 24.3 Å². The number of hydrogen-bond donors (Lipinski definition) is 1.